The first-order valence-corrected chi connectivity index (χ1v) is 4.07. The predicted octanol–water partition coefficient (Wildman–Crippen LogP) is 1.27. The van der Waals surface area contributed by atoms with Crippen LogP contribution >= 0.6 is 0 Å². The van der Waals surface area contributed by atoms with Crippen LogP contribution < -0.4 is 5.43 Å². The van der Waals surface area contributed by atoms with Crippen LogP contribution in [0.15, 0.2) is 24.5 Å². The number of carbonyl (C=O) groups is 1. The lowest BCUT2D eigenvalue weighted by molar-refractivity contribution is -0.115. The predicted molar refractivity (Wildman–Crippen MR) is 49.7 cm³/mol. The van der Waals surface area contributed by atoms with E-state index in [2.05, 4.69) is 10.4 Å². The molecule has 2 aromatic rings. The molecule has 0 aliphatic carbocycles. The summed E-state index contributed by atoms with van der Waals surface area (Å²) in [5.41, 5.74) is 3.24. The normalized spacial score (nSPS) is 10.4. The number of fused-ring (bicyclic) bond motifs is 1. The van der Waals surface area contributed by atoms with E-state index >= 15 is 0 Å². The smallest absolute Gasteiger partial charge is 0.235 e. The van der Waals surface area contributed by atoms with Crippen molar-refractivity contribution in [2.24, 2.45) is 0 Å². The van der Waals surface area contributed by atoms with Gasteiger partial charge in [-0.1, -0.05) is 6.07 Å². The largest absolute Gasteiger partial charge is 0.274 e. The van der Waals surface area contributed by atoms with Crippen LogP contribution in [0.3, 0.4) is 0 Å². The lowest BCUT2D eigenvalue weighted by atomic mass is 10.3. The Morgan fingerprint density at radius 2 is 2.36 bits per heavy atom. The molecule has 14 heavy (non-hydrogen) atoms. The van der Waals surface area contributed by atoms with Crippen LogP contribution in [0.5, 0.6) is 0 Å². The molecule has 0 aliphatic heterocycles. The van der Waals surface area contributed by atoms with E-state index in [4.69, 9.17) is 0 Å². The first-order chi connectivity index (χ1) is 6.68. The molecule has 1 heterocycles. The first-order valence-electron chi connectivity index (χ1n) is 4.07. The molecular weight excluding hydrogens is 185 g/mol. The summed E-state index contributed by atoms with van der Waals surface area (Å²) in [6, 6.07) is 4.57. The van der Waals surface area contributed by atoms with E-state index in [-0.39, 0.29) is 11.4 Å². The quantitative estimate of drug-likeness (QED) is 0.741. The standard InChI is InChI=1S/C9H8FN3O/c1-6(14)12-13-5-11-8-4-2-3-7(10)9(8)13/h2-5H,1H3,(H,12,14). The lowest BCUT2D eigenvalue weighted by Gasteiger charge is -2.03. The summed E-state index contributed by atoms with van der Waals surface area (Å²) in [6.07, 6.45) is 1.37. The Bertz CT molecular complexity index is 492. The average molecular weight is 193 g/mol. The van der Waals surface area contributed by atoms with Crippen LogP contribution in [0.4, 0.5) is 4.39 Å². The molecule has 0 unspecified atom stereocenters. The van der Waals surface area contributed by atoms with Gasteiger partial charge < -0.3 is 0 Å². The van der Waals surface area contributed by atoms with E-state index in [1.807, 2.05) is 0 Å². The van der Waals surface area contributed by atoms with Crippen molar-refractivity contribution in [2.45, 2.75) is 6.92 Å². The summed E-state index contributed by atoms with van der Waals surface area (Å²) >= 11 is 0. The van der Waals surface area contributed by atoms with Gasteiger partial charge in [0.1, 0.15) is 11.8 Å². The SMILES string of the molecule is CC(=O)Nn1cnc2cccc(F)c21. The number of para-hydroxylation sites is 1. The number of amides is 1. The van der Waals surface area contributed by atoms with Crippen LogP contribution in [-0.2, 0) is 4.79 Å². The van der Waals surface area contributed by atoms with Crippen molar-refractivity contribution in [3.8, 4) is 0 Å². The topological polar surface area (TPSA) is 46.9 Å². The second kappa shape index (κ2) is 3.10. The number of carbonyl (C=O) groups excluding carboxylic acids is 1. The maximum absolute atomic E-state index is 13.3. The number of hydrogen-bond donors (Lipinski definition) is 1. The minimum Gasteiger partial charge on any atom is -0.274 e. The van der Waals surface area contributed by atoms with Crippen molar-refractivity contribution in [2.75, 3.05) is 5.43 Å². The molecular formula is C9H8FN3O. The molecule has 4 nitrogen and oxygen atoms in total. The Hall–Kier alpha value is -1.91. The zero-order valence-corrected chi connectivity index (χ0v) is 7.49. The Balaban J connectivity index is 2.61. The molecule has 1 N–H and O–H groups in total. The summed E-state index contributed by atoms with van der Waals surface area (Å²) in [4.78, 5) is 14.7. The molecule has 72 valence electrons. The first kappa shape index (κ1) is 8.68. The van der Waals surface area contributed by atoms with Gasteiger partial charge in [0.25, 0.3) is 0 Å². The highest BCUT2D eigenvalue weighted by Gasteiger charge is 2.07. The van der Waals surface area contributed by atoms with Gasteiger partial charge >= 0.3 is 0 Å². The third-order valence-corrected chi connectivity index (χ3v) is 1.80. The van der Waals surface area contributed by atoms with Gasteiger partial charge in [-0.3, -0.25) is 10.2 Å². The molecule has 0 spiro atoms. The number of nitrogens with one attached hydrogen (secondary N) is 1. The highest BCUT2D eigenvalue weighted by molar-refractivity contribution is 5.84. The van der Waals surface area contributed by atoms with Crippen molar-refractivity contribution in [3.63, 3.8) is 0 Å². The number of imidazole rings is 1. The number of aromatic nitrogens is 2. The second-order valence-electron chi connectivity index (χ2n) is 2.89. The van der Waals surface area contributed by atoms with Gasteiger partial charge in [0, 0.05) is 6.92 Å². The number of benzene rings is 1. The number of hydrogen-bond acceptors (Lipinski definition) is 2. The monoisotopic (exact) mass is 193 g/mol. The Kier molecular flexibility index (Phi) is 1.92. The van der Waals surface area contributed by atoms with E-state index in [0.29, 0.717) is 5.52 Å². The van der Waals surface area contributed by atoms with Crippen LogP contribution in [0.25, 0.3) is 11.0 Å². The van der Waals surface area contributed by atoms with Gasteiger partial charge in [-0.25, -0.2) is 14.1 Å². The zero-order valence-electron chi connectivity index (χ0n) is 7.49. The van der Waals surface area contributed by atoms with Gasteiger partial charge in [0.15, 0.2) is 5.82 Å². The molecule has 2 rings (SSSR count). The van der Waals surface area contributed by atoms with Crippen molar-refractivity contribution in [1.29, 1.82) is 0 Å². The number of rotatable bonds is 1. The summed E-state index contributed by atoms with van der Waals surface area (Å²) in [6.45, 7) is 1.35. The maximum atomic E-state index is 13.3. The molecule has 0 saturated carbocycles. The molecule has 1 aromatic carbocycles. The van der Waals surface area contributed by atoms with Gasteiger partial charge in [-0.05, 0) is 12.1 Å². The highest BCUT2D eigenvalue weighted by atomic mass is 19.1. The molecule has 0 atom stereocenters. The molecule has 0 saturated heterocycles. The molecule has 0 fully saturated rings. The maximum Gasteiger partial charge on any atom is 0.235 e. The number of halogens is 1. The fourth-order valence-electron chi connectivity index (χ4n) is 1.28. The minimum absolute atomic E-state index is 0.271. The fraction of sp³-hybridized carbons (Fsp3) is 0.111. The fourth-order valence-corrected chi connectivity index (χ4v) is 1.28. The van der Waals surface area contributed by atoms with E-state index in [1.54, 1.807) is 12.1 Å². The van der Waals surface area contributed by atoms with Crippen LogP contribution in [0.2, 0.25) is 0 Å². The van der Waals surface area contributed by atoms with Gasteiger partial charge in [-0.15, -0.1) is 0 Å². The van der Waals surface area contributed by atoms with Gasteiger partial charge in [-0.2, -0.15) is 0 Å². The molecule has 0 radical (unpaired) electrons. The van der Waals surface area contributed by atoms with Gasteiger partial charge in [0.2, 0.25) is 5.91 Å². The highest BCUT2D eigenvalue weighted by Crippen LogP contribution is 2.14. The van der Waals surface area contributed by atoms with Crippen LogP contribution in [-0.4, -0.2) is 15.6 Å². The van der Waals surface area contributed by atoms with E-state index in [9.17, 15) is 9.18 Å². The third-order valence-electron chi connectivity index (χ3n) is 1.80. The molecule has 5 heteroatoms. The molecule has 0 bridgehead atoms. The summed E-state index contributed by atoms with van der Waals surface area (Å²) in [5, 5.41) is 0. The minimum atomic E-state index is -0.409. The molecule has 1 aromatic heterocycles. The second-order valence-corrected chi connectivity index (χ2v) is 2.89. The average Bonchev–Trinajstić information content (AvgIpc) is 2.49. The Morgan fingerprint density at radius 1 is 1.57 bits per heavy atom. The molecule has 1 amide bonds. The Labute approximate surface area is 79.3 Å². The van der Waals surface area contributed by atoms with E-state index in [0.717, 1.165) is 0 Å². The van der Waals surface area contributed by atoms with Crippen molar-refractivity contribution >= 4 is 16.9 Å². The summed E-state index contributed by atoms with van der Waals surface area (Å²) < 4.78 is 14.6. The van der Waals surface area contributed by atoms with Crippen molar-refractivity contribution in [3.05, 3.63) is 30.3 Å². The van der Waals surface area contributed by atoms with E-state index < -0.39 is 5.82 Å². The van der Waals surface area contributed by atoms with E-state index in [1.165, 1.54) is 24.0 Å². The number of nitrogens with zero attached hydrogens (tertiary/aromatic N) is 2. The van der Waals surface area contributed by atoms with Crippen molar-refractivity contribution < 1.29 is 9.18 Å². The van der Waals surface area contributed by atoms with Crippen LogP contribution in [0, 0.1) is 5.82 Å². The van der Waals surface area contributed by atoms with Crippen molar-refractivity contribution in [1.82, 2.24) is 9.66 Å². The lowest BCUT2D eigenvalue weighted by Crippen LogP contribution is -2.18. The van der Waals surface area contributed by atoms with Crippen LogP contribution in [0.1, 0.15) is 6.92 Å². The van der Waals surface area contributed by atoms with Gasteiger partial charge in [0.05, 0.1) is 5.52 Å². The Morgan fingerprint density at radius 3 is 3.07 bits per heavy atom. The molecule has 0 aliphatic rings. The third kappa shape index (κ3) is 1.32. The summed E-state index contributed by atoms with van der Waals surface area (Å²) in [5.74, 6) is -0.679. The zero-order chi connectivity index (χ0) is 10.1. The summed E-state index contributed by atoms with van der Waals surface area (Å²) in [7, 11) is 0.